The number of rotatable bonds is 1. The van der Waals surface area contributed by atoms with Crippen LogP contribution in [0.4, 0.5) is 11.4 Å². The van der Waals surface area contributed by atoms with Crippen LogP contribution >= 0.6 is 0 Å². The molecule has 1 aromatic rings. The molecule has 17 heavy (non-hydrogen) atoms. The van der Waals surface area contributed by atoms with E-state index in [4.69, 9.17) is 5.73 Å². The van der Waals surface area contributed by atoms with Crippen molar-refractivity contribution in [3.05, 3.63) is 23.8 Å². The van der Waals surface area contributed by atoms with Gasteiger partial charge in [-0.05, 0) is 37.5 Å². The molecule has 2 fully saturated rings. The van der Waals surface area contributed by atoms with Gasteiger partial charge in [0.1, 0.15) is 0 Å². The molecule has 0 bridgehead atoms. The van der Waals surface area contributed by atoms with E-state index < -0.39 is 0 Å². The van der Waals surface area contributed by atoms with E-state index in [2.05, 4.69) is 30.0 Å². The van der Waals surface area contributed by atoms with Crippen molar-refractivity contribution >= 4 is 11.4 Å². The molecule has 1 aliphatic carbocycles. The fourth-order valence-electron chi connectivity index (χ4n) is 3.51. The van der Waals surface area contributed by atoms with Gasteiger partial charge in [0.25, 0.3) is 0 Å². The fraction of sp³-hybridized carbons (Fsp3) is 0.600. The Kier molecular flexibility index (Phi) is 2.53. The molecule has 0 amide bonds. The summed E-state index contributed by atoms with van der Waals surface area (Å²) < 4.78 is 0. The number of nitrogens with zero attached hydrogens (tertiary/aromatic N) is 1. The minimum absolute atomic E-state index is 0.635. The second-order valence-electron chi connectivity index (χ2n) is 5.98. The summed E-state index contributed by atoms with van der Waals surface area (Å²) in [5.74, 6) is 0. The molecule has 1 spiro atoms. The second-order valence-corrected chi connectivity index (χ2v) is 5.98. The van der Waals surface area contributed by atoms with Gasteiger partial charge in [-0.15, -0.1) is 0 Å². The summed E-state index contributed by atoms with van der Waals surface area (Å²) in [5.41, 5.74) is 10.2. The highest BCUT2D eigenvalue weighted by Gasteiger charge is 2.43. The lowest BCUT2D eigenvalue weighted by molar-refractivity contribution is 0.139. The summed E-state index contributed by atoms with van der Waals surface area (Å²) in [4.78, 5) is 2.46. The maximum absolute atomic E-state index is 6.11. The first-order valence-corrected chi connectivity index (χ1v) is 6.80. The Morgan fingerprint density at radius 3 is 2.47 bits per heavy atom. The van der Waals surface area contributed by atoms with Crippen LogP contribution in [0.1, 0.15) is 37.7 Å². The molecule has 2 heteroatoms. The van der Waals surface area contributed by atoms with Gasteiger partial charge < -0.3 is 10.6 Å². The summed E-state index contributed by atoms with van der Waals surface area (Å²) in [6.07, 6.45) is 7.15. The number of nitrogens with two attached hydrogens (primary N) is 1. The highest BCUT2D eigenvalue weighted by Crippen LogP contribution is 2.46. The third-order valence-corrected chi connectivity index (χ3v) is 4.49. The Morgan fingerprint density at radius 2 is 1.82 bits per heavy atom. The average Bonchev–Trinajstić information content (AvgIpc) is 2.27. The summed E-state index contributed by atoms with van der Waals surface area (Å²) in [5, 5.41) is 0. The first-order valence-electron chi connectivity index (χ1n) is 6.80. The average molecular weight is 230 g/mol. The molecule has 1 saturated carbocycles. The molecule has 0 aromatic heterocycles. The Hall–Kier alpha value is -1.18. The van der Waals surface area contributed by atoms with Crippen molar-refractivity contribution in [1.29, 1.82) is 0 Å². The van der Waals surface area contributed by atoms with Crippen LogP contribution in [0.25, 0.3) is 0 Å². The van der Waals surface area contributed by atoms with Crippen LogP contribution in [0.2, 0.25) is 0 Å². The van der Waals surface area contributed by atoms with Crippen molar-refractivity contribution in [1.82, 2.24) is 0 Å². The minimum atomic E-state index is 0.635. The number of hydrogen-bond acceptors (Lipinski definition) is 2. The normalized spacial score (nSPS) is 22.5. The highest BCUT2D eigenvalue weighted by atomic mass is 15.2. The zero-order valence-electron chi connectivity index (χ0n) is 10.7. The van der Waals surface area contributed by atoms with E-state index in [1.165, 1.54) is 56.4 Å². The first-order chi connectivity index (χ1) is 8.19. The standard InChI is InChI=1S/C15H22N2/c1-12-5-6-14(13(16)9-12)17-10-15(11-17)7-3-2-4-8-15/h5-6,9H,2-4,7-8,10-11,16H2,1H3. The Morgan fingerprint density at radius 1 is 1.12 bits per heavy atom. The van der Waals surface area contributed by atoms with Crippen molar-refractivity contribution in [2.45, 2.75) is 39.0 Å². The van der Waals surface area contributed by atoms with Gasteiger partial charge in [-0.3, -0.25) is 0 Å². The van der Waals surface area contributed by atoms with E-state index in [-0.39, 0.29) is 0 Å². The maximum atomic E-state index is 6.11. The lowest BCUT2D eigenvalue weighted by Crippen LogP contribution is -2.57. The monoisotopic (exact) mass is 230 g/mol. The molecule has 1 aromatic carbocycles. The van der Waals surface area contributed by atoms with Crippen LogP contribution in [-0.2, 0) is 0 Å². The van der Waals surface area contributed by atoms with E-state index in [1.807, 2.05) is 0 Å². The van der Waals surface area contributed by atoms with Gasteiger partial charge in [0.05, 0.1) is 11.4 Å². The molecule has 1 heterocycles. The Bertz CT molecular complexity index is 411. The molecular weight excluding hydrogens is 208 g/mol. The van der Waals surface area contributed by atoms with E-state index >= 15 is 0 Å². The third kappa shape index (κ3) is 1.90. The van der Waals surface area contributed by atoms with Crippen LogP contribution in [0.5, 0.6) is 0 Å². The first kappa shape index (κ1) is 10.9. The zero-order chi connectivity index (χ0) is 11.9. The predicted molar refractivity (Wildman–Crippen MR) is 73.3 cm³/mol. The Balaban J connectivity index is 1.72. The topological polar surface area (TPSA) is 29.3 Å². The van der Waals surface area contributed by atoms with Crippen molar-refractivity contribution in [3.8, 4) is 0 Å². The van der Waals surface area contributed by atoms with E-state index in [0.29, 0.717) is 5.41 Å². The Labute approximate surface area is 104 Å². The van der Waals surface area contributed by atoms with Gasteiger partial charge in [0.2, 0.25) is 0 Å². The maximum Gasteiger partial charge on any atom is 0.0600 e. The quantitative estimate of drug-likeness (QED) is 0.750. The molecule has 1 aliphatic heterocycles. The third-order valence-electron chi connectivity index (χ3n) is 4.49. The van der Waals surface area contributed by atoms with Gasteiger partial charge in [-0.2, -0.15) is 0 Å². The molecule has 2 aliphatic rings. The van der Waals surface area contributed by atoms with Gasteiger partial charge in [0, 0.05) is 18.5 Å². The summed E-state index contributed by atoms with van der Waals surface area (Å²) in [6, 6.07) is 6.43. The molecule has 3 rings (SSSR count). The molecule has 0 atom stereocenters. The number of benzene rings is 1. The van der Waals surface area contributed by atoms with Crippen LogP contribution in [0, 0.1) is 12.3 Å². The van der Waals surface area contributed by atoms with Crippen molar-refractivity contribution in [3.63, 3.8) is 0 Å². The second kappa shape index (κ2) is 3.94. The smallest absolute Gasteiger partial charge is 0.0600 e. The van der Waals surface area contributed by atoms with Crippen LogP contribution < -0.4 is 10.6 Å². The predicted octanol–water partition coefficient (Wildman–Crippen LogP) is 3.35. The molecule has 0 radical (unpaired) electrons. The van der Waals surface area contributed by atoms with Crippen molar-refractivity contribution in [2.24, 2.45) is 5.41 Å². The molecule has 2 nitrogen and oxygen atoms in total. The molecule has 2 N–H and O–H groups in total. The lowest BCUT2D eigenvalue weighted by Gasteiger charge is -2.53. The van der Waals surface area contributed by atoms with Crippen LogP contribution in [-0.4, -0.2) is 13.1 Å². The SMILES string of the molecule is Cc1ccc(N2CC3(CCCCC3)C2)c(N)c1. The summed E-state index contributed by atoms with van der Waals surface area (Å²) >= 11 is 0. The number of anilines is 2. The number of nitrogen functional groups attached to an aromatic ring is 1. The van der Waals surface area contributed by atoms with Gasteiger partial charge in [-0.25, -0.2) is 0 Å². The lowest BCUT2D eigenvalue weighted by atomic mass is 9.68. The zero-order valence-corrected chi connectivity index (χ0v) is 10.7. The highest BCUT2D eigenvalue weighted by molar-refractivity contribution is 5.69. The molecular formula is C15H22N2. The van der Waals surface area contributed by atoms with Crippen molar-refractivity contribution < 1.29 is 0 Å². The van der Waals surface area contributed by atoms with E-state index in [1.54, 1.807) is 0 Å². The van der Waals surface area contributed by atoms with Gasteiger partial charge in [-0.1, -0.05) is 25.3 Å². The fourth-order valence-corrected chi connectivity index (χ4v) is 3.51. The minimum Gasteiger partial charge on any atom is -0.397 e. The number of hydrogen-bond donors (Lipinski definition) is 1. The largest absolute Gasteiger partial charge is 0.397 e. The number of aryl methyl sites for hydroxylation is 1. The van der Waals surface area contributed by atoms with Crippen LogP contribution in [0.15, 0.2) is 18.2 Å². The van der Waals surface area contributed by atoms with Crippen LogP contribution in [0.3, 0.4) is 0 Å². The summed E-state index contributed by atoms with van der Waals surface area (Å²) in [6.45, 7) is 4.54. The molecule has 92 valence electrons. The van der Waals surface area contributed by atoms with Gasteiger partial charge >= 0.3 is 0 Å². The van der Waals surface area contributed by atoms with E-state index in [9.17, 15) is 0 Å². The summed E-state index contributed by atoms with van der Waals surface area (Å²) in [7, 11) is 0. The molecule has 0 unspecified atom stereocenters. The van der Waals surface area contributed by atoms with E-state index in [0.717, 1.165) is 5.69 Å². The van der Waals surface area contributed by atoms with Gasteiger partial charge in [0.15, 0.2) is 0 Å². The molecule has 1 saturated heterocycles. The van der Waals surface area contributed by atoms with Crippen molar-refractivity contribution in [2.75, 3.05) is 23.7 Å².